The molecular formula is C28H52. The predicted molar refractivity (Wildman–Crippen MR) is 127 cm³/mol. The summed E-state index contributed by atoms with van der Waals surface area (Å²) in [6.07, 6.45) is 35.5. The summed E-state index contributed by atoms with van der Waals surface area (Å²) in [7, 11) is 0. The molecule has 2 aliphatic carbocycles. The monoisotopic (exact) mass is 388 g/mol. The minimum atomic E-state index is 1.04. The zero-order valence-corrected chi connectivity index (χ0v) is 19.5. The molecule has 0 aliphatic heterocycles. The molecule has 0 spiro atoms. The third-order valence-corrected chi connectivity index (χ3v) is 7.56. The van der Waals surface area contributed by atoms with Crippen LogP contribution in [0.1, 0.15) is 161 Å². The van der Waals surface area contributed by atoms with Crippen molar-refractivity contribution in [1.29, 1.82) is 0 Å². The Morgan fingerprint density at radius 2 is 1.00 bits per heavy atom. The van der Waals surface area contributed by atoms with E-state index in [1.165, 1.54) is 154 Å². The van der Waals surface area contributed by atoms with Crippen LogP contribution in [0.3, 0.4) is 0 Å². The van der Waals surface area contributed by atoms with Gasteiger partial charge in [0, 0.05) is 0 Å². The standard InChI is InChI=1S/C28H52/c1-2-3-4-5-6-7-8-9-10-11-12-13-14-15-16-17-20-26-23-24-27-21-18-19-22-28(27)25-26/h26H,2-25H2,1H3. The van der Waals surface area contributed by atoms with Crippen molar-refractivity contribution in [1.82, 2.24) is 0 Å². The summed E-state index contributed by atoms with van der Waals surface area (Å²) in [6, 6.07) is 0. The van der Waals surface area contributed by atoms with Crippen LogP contribution >= 0.6 is 0 Å². The van der Waals surface area contributed by atoms with Crippen LogP contribution in [0.2, 0.25) is 0 Å². The van der Waals surface area contributed by atoms with Crippen LogP contribution in [-0.2, 0) is 0 Å². The van der Waals surface area contributed by atoms with Gasteiger partial charge in [-0.3, -0.25) is 0 Å². The van der Waals surface area contributed by atoms with Gasteiger partial charge in [-0.05, 0) is 50.9 Å². The molecule has 0 nitrogen and oxygen atoms in total. The Morgan fingerprint density at radius 1 is 0.536 bits per heavy atom. The molecule has 0 fully saturated rings. The lowest BCUT2D eigenvalue weighted by Crippen LogP contribution is -2.13. The van der Waals surface area contributed by atoms with E-state index in [4.69, 9.17) is 0 Å². The fraction of sp³-hybridized carbons (Fsp3) is 0.929. The molecule has 2 aliphatic rings. The maximum absolute atomic E-state index is 2.31. The molecule has 0 aromatic rings. The second kappa shape index (κ2) is 16.5. The smallest absolute Gasteiger partial charge is 0.0289 e. The molecule has 1 atom stereocenters. The molecule has 0 saturated heterocycles. The van der Waals surface area contributed by atoms with Crippen molar-refractivity contribution in [2.24, 2.45) is 5.92 Å². The molecule has 1 unspecified atom stereocenters. The number of allylic oxidation sites excluding steroid dienone is 2. The first-order chi connectivity index (χ1) is 13.9. The molecule has 0 bridgehead atoms. The zero-order chi connectivity index (χ0) is 19.7. The Morgan fingerprint density at radius 3 is 1.54 bits per heavy atom. The third kappa shape index (κ3) is 11.1. The van der Waals surface area contributed by atoms with E-state index in [-0.39, 0.29) is 0 Å². The summed E-state index contributed by atoms with van der Waals surface area (Å²) in [6.45, 7) is 2.31. The Hall–Kier alpha value is -0.260. The fourth-order valence-corrected chi connectivity index (χ4v) is 5.63. The van der Waals surface area contributed by atoms with Crippen LogP contribution < -0.4 is 0 Å². The van der Waals surface area contributed by atoms with Crippen LogP contribution in [-0.4, -0.2) is 0 Å². The molecular weight excluding hydrogens is 336 g/mol. The highest BCUT2D eigenvalue weighted by Crippen LogP contribution is 2.39. The van der Waals surface area contributed by atoms with Gasteiger partial charge in [0.1, 0.15) is 0 Å². The topological polar surface area (TPSA) is 0 Å². The predicted octanol–water partition coefficient (Wildman–Crippen LogP) is 10.3. The summed E-state index contributed by atoms with van der Waals surface area (Å²) < 4.78 is 0. The van der Waals surface area contributed by atoms with Gasteiger partial charge in [-0.2, -0.15) is 0 Å². The minimum absolute atomic E-state index is 1.04. The maximum atomic E-state index is 2.31. The Bertz CT molecular complexity index is 391. The van der Waals surface area contributed by atoms with Crippen molar-refractivity contribution < 1.29 is 0 Å². The molecule has 0 heterocycles. The zero-order valence-electron chi connectivity index (χ0n) is 19.5. The van der Waals surface area contributed by atoms with E-state index in [9.17, 15) is 0 Å². The maximum Gasteiger partial charge on any atom is -0.0289 e. The van der Waals surface area contributed by atoms with Crippen LogP contribution in [0.25, 0.3) is 0 Å². The van der Waals surface area contributed by atoms with Crippen LogP contribution in [0.15, 0.2) is 11.1 Å². The SMILES string of the molecule is CCCCCCCCCCCCCCCCCCC1CCC2=C(CCCC2)C1. The van der Waals surface area contributed by atoms with Gasteiger partial charge in [0.2, 0.25) is 0 Å². The van der Waals surface area contributed by atoms with Crippen LogP contribution in [0.4, 0.5) is 0 Å². The lowest BCUT2D eigenvalue weighted by atomic mass is 9.76. The van der Waals surface area contributed by atoms with Gasteiger partial charge < -0.3 is 0 Å². The van der Waals surface area contributed by atoms with E-state index in [1.54, 1.807) is 0 Å². The number of hydrogen-bond acceptors (Lipinski definition) is 0. The van der Waals surface area contributed by atoms with Gasteiger partial charge >= 0.3 is 0 Å². The first-order valence-electron chi connectivity index (χ1n) is 13.6. The summed E-state index contributed by atoms with van der Waals surface area (Å²) >= 11 is 0. The van der Waals surface area contributed by atoms with Crippen molar-refractivity contribution in [3.63, 3.8) is 0 Å². The van der Waals surface area contributed by atoms with E-state index < -0.39 is 0 Å². The molecule has 0 heteroatoms. The third-order valence-electron chi connectivity index (χ3n) is 7.56. The van der Waals surface area contributed by atoms with Crippen molar-refractivity contribution >= 4 is 0 Å². The normalized spacial score (nSPS) is 19.8. The number of unbranched alkanes of at least 4 members (excludes halogenated alkanes) is 15. The molecule has 0 N–H and O–H groups in total. The molecule has 164 valence electrons. The van der Waals surface area contributed by atoms with E-state index in [2.05, 4.69) is 6.92 Å². The fourth-order valence-electron chi connectivity index (χ4n) is 5.63. The highest BCUT2D eigenvalue weighted by molar-refractivity contribution is 5.20. The molecule has 2 rings (SSSR count). The highest BCUT2D eigenvalue weighted by atomic mass is 14.3. The van der Waals surface area contributed by atoms with E-state index in [0.717, 1.165) is 5.92 Å². The van der Waals surface area contributed by atoms with Gasteiger partial charge in [-0.25, -0.2) is 0 Å². The van der Waals surface area contributed by atoms with Gasteiger partial charge in [-0.15, -0.1) is 0 Å². The molecule has 0 saturated carbocycles. The second-order valence-corrected chi connectivity index (χ2v) is 10.1. The van der Waals surface area contributed by atoms with E-state index >= 15 is 0 Å². The molecule has 0 aromatic carbocycles. The number of hydrogen-bond donors (Lipinski definition) is 0. The quantitative estimate of drug-likeness (QED) is 0.172. The van der Waals surface area contributed by atoms with E-state index in [1.807, 2.05) is 11.1 Å². The summed E-state index contributed by atoms with van der Waals surface area (Å²) in [5, 5.41) is 0. The van der Waals surface area contributed by atoms with Crippen molar-refractivity contribution in [3.05, 3.63) is 11.1 Å². The molecule has 0 aromatic heterocycles. The summed E-state index contributed by atoms with van der Waals surface area (Å²) in [4.78, 5) is 0. The largest absolute Gasteiger partial charge is 0.0710 e. The first-order valence-corrected chi connectivity index (χ1v) is 13.6. The average Bonchev–Trinajstić information content (AvgIpc) is 2.73. The Kier molecular flexibility index (Phi) is 14.2. The first kappa shape index (κ1) is 24.0. The summed E-state index contributed by atoms with van der Waals surface area (Å²) in [5.74, 6) is 1.04. The average molecular weight is 389 g/mol. The second-order valence-electron chi connectivity index (χ2n) is 10.1. The van der Waals surface area contributed by atoms with Crippen molar-refractivity contribution in [2.75, 3.05) is 0 Å². The minimum Gasteiger partial charge on any atom is -0.0710 e. The van der Waals surface area contributed by atoms with Gasteiger partial charge in [0.25, 0.3) is 0 Å². The van der Waals surface area contributed by atoms with Gasteiger partial charge in [-0.1, -0.05) is 127 Å². The lowest BCUT2D eigenvalue weighted by molar-refractivity contribution is 0.382. The molecule has 0 amide bonds. The van der Waals surface area contributed by atoms with Crippen LogP contribution in [0.5, 0.6) is 0 Å². The van der Waals surface area contributed by atoms with Gasteiger partial charge in [0.05, 0.1) is 0 Å². The molecule has 0 radical (unpaired) electrons. The summed E-state index contributed by atoms with van der Waals surface area (Å²) in [5.41, 5.74) is 3.79. The Labute approximate surface area is 178 Å². The van der Waals surface area contributed by atoms with Gasteiger partial charge in [0.15, 0.2) is 0 Å². The van der Waals surface area contributed by atoms with Crippen LogP contribution in [0, 0.1) is 5.92 Å². The Balaban J connectivity index is 1.29. The van der Waals surface area contributed by atoms with Crippen molar-refractivity contribution in [3.8, 4) is 0 Å². The molecule has 28 heavy (non-hydrogen) atoms. The van der Waals surface area contributed by atoms with E-state index in [0.29, 0.717) is 0 Å². The lowest BCUT2D eigenvalue weighted by Gasteiger charge is -2.30. The highest BCUT2D eigenvalue weighted by Gasteiger charge is 2.22. The van der Waals surface area contributed by atoms with Crippen molar-refractivity contribution in [2.45, 2.75) is 161 Å². The number of rotatable bonds is 17.